The van der Waals surface area contributed by atoms with Crippen LogP contribution < -0.4 is 20.9 Å². The summed E-state index contributed by atoms with van der Waals surface area (Å²) in [5.41, 5.74) is 2.65. The Bertz CT molecular complexity index is 844. The number of hydrogen-bond acceptors (Lipinski definition) is 4. The minimum atomic E-state index is -0.392. The third-order valence-corrected chi connectivity index (χ3v) is 4.76. The van der Waals surface area contributed by atoms with Gasteiger partial charge in [-0.05, 0) is 56.6 Å². The Hall–Kier alpha value is -2.19. The van der Waals surface area contributed by atoms with Crippen LogP contribution in [0.2, 0.25) is 0 Å². The normalized spacial score (nSPS) is 10.3. The fraction of sp³-hybridized carbons (Fsp3) is 0.364. The van der Waals surface area contributed by atoms with Crippen LogP contribution >= 0.6 is 35.6 Å². The number of rotatable bonds is 11. The molecule has 176 valence electrons. The predicted molar refractivity (Wildman–Crippen MR) is 137 cm³/mol. The lowest BCUT2D eigenvalue weighted by atomic mass is 10.2. The fourth-order valence-electron chi connectivity index (χ4n) is 2.86. The zero-order valence-electron chi connectivity index (χ0n) is 18.2. The lowest BCUT2D eigenvalue weighted by Crippen LogP contribution is -2.31. The number of benzene rings is 2. The maximum atomic E-state index is 12.4. The summed E-state index contributed by atoms with van der Waals surface area (Å²) < 4.78 is 0. The lowest BCUT2D eigenvalue weighted by Gasteiger charge is -2.23. The zero-order chi connectivity index (χ0) is 22.6. The van der Waals surface area contributed by atoms with Gasteiger partial charge in [-0.15, -0.1) is 35.6 Å². The van der Waals surface area contributed by atoms with Crippen molar-refractivity contribution < 1.29 is 9.59 Å². The van der Waals surface area contributed by atoms with Gasteiger partial charge in [0.05, 0.1) is 0 Å². The summed E-state index contributed by atoms with van der Waals surface area (Å²) in [5.74, 6) is 0.831. The zero-order valence-corrected chi connectivity index (χ0v) is 20.6. The molecule has 0 heterocycles. The Balaban J connectivity index is 0.00000512. The maximum Gasteiger partial charge on any atom is 0.323 e. The first-order valence-electron chi connectivity index (χ1n) is 10.0. The van der Waals surface area contributed by atoms with Crippen molar-refractivity contribution in [3.63, 3.8) is 0 Å². The van der Waals surface area contributed by atoms with Crippen LogP contribution in [-0.2, 0) is 0 Å². The van der Waals surface area contributed by atoms with Crippen LogP contribution in [0.1, 0.15) is 10.4 Å². The van der Waals surface area contributed by atoms with Crippen molar-refractivity contribution in [3.05, 3.63) is 54.1 Å². The largest absolute Gasteiger partial charge is 0.369 e. The Kier molecular flexibility index (Phi) is 12.9. The molecule has 2 aromatic carbocycles. The highest BCUT2D eigenvalue weighted by Gasteiger charge is 2.09. The monoisotopic (exact) mass is 501 g/mol. The molecule has 0 fully saturated rings. The first-order chi connectivity index (χ1) is 14.9. The van der Waals surface area contributed by atoms with E-state index in [0.29, 0.717) is 48.3 Å². The molecule has 0 aromatic heterocycles. The average Bonchev–Trinajstić information content (AvgIpc) is 2.74. The molecule has 10 heteroatoms. The van der Waals surface area contributed by atoms with Crippen molar-refractivity contribution in [2.45, 2.75) is 0 Å². The molecule has 0 radical (unpaired) electrons. The summed E-state index contributed by atoms with van der Waals surface area (Å²) >= 11 is 11.7. The number of nitrogens with zero attached hydrogens (tertiary/aromatic N) is 2. The summed E-state index contributed by atoms with van der Waals surface area (Å²) in [5, 5.41) is 8.40. The van der Waals surface area contributed by atoms with Crippen molar-refractivity contribution >= 4 is 64.6 Å². The van der Waals surface area contributed by atoms with Gasteiger partial charge in [-0.3, -0.25) is 4.79 Å². The molecule has 2 aromatic rings. The van der Waals surface area contributed by atoms with Gasteiger partial charge in [-0.2, -0.15) is 0 Å². The van der Waals surface area contributed by atoms with E-state index in [1.165, 1.54) is 0 Å². The molecule has 0 aliphatic carbocycles. The van der Waals surface area contributed by atoms with Crippen LogP contribution in [0.3, 0.4) is 0 Å². The number of urea groups is 1. The average molecular weight is 503 g/mol. The van der Waals surface area contributed by atoms with Crippen molar-refractivity contribution in [2.24, 2.45) is 0 Å². The number of anilines is 3. The molecule has 0 saturated carbocycles. The van der Waals surface area contributed by atoms with E-state index in [1.54, 1.807) is 24.3 Å². The van der Waals surface area contributed by atoms with Gasteiger partial charge >= 0.3 is 6.03 Å². The maximum absolute atomic E-state index is 12.4. The standard InChI is InChI=1S/C22H29Cl2N5O2.ClH/c1-28(2)15-12-25-21(30)17-4-3-5-19(16-17)27-22(31)26-18-6-8-20(9-7-18)29(13-10-23)14-11-24;/h3-9,16H,10-15H2,1-2H3,(H,25,30)(H2,26,27,31);1H. The minimum Gasteiger partial charge on any atom is -0.369 e. The number of alkyl halides is 2. The summed E-state index contributed by atoms with van der Waals surface area (Å²) in [4.78, 5) is 28.7. The Morgan fingerprint density at radius 1 is 0.875 bits per heavy atom. The van der Waals surface area contributed by atoms with Gasteiger partial charge in [0.15, 0.2) is 0 Å². The topological polar surface area (TPSA) is 76.7 Å². The van der Waals surface area contributed by atoms with Gasteiger partial charge in [-0.25, -0.2) is 4.79 Å². The number of hydrogen-bond donors (Lipinski definition) is 3. The first kappa shape index (κ1) is 27.8. The second-order valence-electron chi connectivity index (χ2n) is 7.13. The number of amides is 3. The molecular formula is C22H30Cl3N5O2. The second kappa shape index (κ2) is 14.8. The summed E-state index contributed by atoms with van der Waals surface area (Å²) in [6.07, 6.45) is 0. The third-order valence-electron chi connectivity index (χ3n) is 4.43. The number of carbonyl (C=O) groups excluding carboxylic acids is 2. The molecule has 0 aliphatic rings. The minimum absolute atomic E-state index is 0. The van der Waals surface area contributed by atoms with Crippen LogP contribution in [0.25, 0.3) is 0 Å². The Morgan fingerprint density at radius 2 is 1.50 bits per heavy atom. The van der Waals surface area contributed by atoms with E-state index in [-0.39, 0.29) is 18.3 Å². The number of halogens is 3. The number of nitrogens with one attached hydrogen (secondary N) is 3. The van der Waals surface area contributed by atoms with Crippen LogP contribution in [0.4, 0.5) is 21.9 Å². The molecule has 7 nitrogen and oxygen atoms in total. The molecule has 2 rings (SSSR count). The smallest absolute Gasteiger partial charge is 0.323 e. The molecule has 0 atom stereocenters. The van der Waals surface area contributed by atoms with E-state index in [9.17, 15) is 9.59 Å². The molecular weight excluding hydrogens is 473 g/mol. The second-order valence-corrected chi connectivity index (χ2v) is 7.89. The van der Waals surface area contributed by atoms with Crippen LogP contribution in [-0.4, -0.2) is 68.9 Å². The van der Waals surface area contributed by atoms with E-state index in [2.05, 4.69) is 20.9 Å². The molecule has 0 bridgehead atoms. The van der Waals surface area contributed by atoms with Crippen molar-refractivity contribution in [2.75, 3.05) is 67.6 Å². The summed E-state index contributed by atoms with van der Waals surface area (Å²) in [6, 6.07) is 13.9. The molecule has 0 unspecified atom stereocenters. The van der Waals surface area contributed by atoms with Gasteiger partial charge in [0.1, 0.15) is 0 Å². The van der Waals surface area contributed by atoms with Gasteiger partial charge in [0, 0.05) is 60.6 Å². The van der Waals surface area contributed by atoms with E-state index < -0.39 is 6.03 Å². The highest BCUT2D eigenvalue weighted by molar-refractivity contribution is 6.18. The summed E-state index contributed by atoms with van der Waals surface area (Å²) in [6.45, 7) is 2.69. The van der Waals surface area contributed by atoms with Crippen molar-refractivity contribution in [1.82, 2.24) is 10.2 Å². The molecule has 0 saturated heterocycles. The molecule has 32 heavy (non-hydrogen) atoms. The first-order valence-corrected chi connectivity index (χ1v) is 11.1. The molecule has 3 N–H and O–H groups in total. The van der Waals surface area contributed by atoms with Crippen LogP contribution in [0.5, 0.6) is 0 Å². The van der Waals surface area contributed by atoms with Gasteiger partial charge < -0.3 is 25.8 Å². The van der Waals surface area contributed by atoms with E-state index in [4.69, 9.17) is 23.2 Å². The van der Waals surface area contributed by atoms with Crippen molar-refractivity contribution in [1.29, 1.82) is 0 Å². The highest BCUT2D eigenvalue weighted by atomic mass is 35.5. The Morgan fingerprint density at radius 3 is 2.09 bits per heavy atom. The summed E-state index contributed by atoms with van der Waals surface area (Å²) in [7, 11) is 3.89. The van der Waals surface area contributed by atoms with E-state index >= 15 is 0 Å². The van der Waals surface area contributed by atoms with Crippen LogP contribution in [0, 0.1) is 0 Å². The van der Waals surface area contributed by atoms with Gasteiger partial charge in [0.25, 0.3) is 5.91 Å². The fourth-order valence-corrected chi connectivity index (χ4v) is 3.26. The van der Waals surface area contributed by atoms with Crippen molar-refractivity contribution in [3.8, 4) is 0 Å². The number of carbonyl (C=O) groups is 2. The van der Waals surface area contributed by atoms with Gasteiger partial charge in [0.2, 0.25) is 0 Å². The number of likely N-dealkylation sites (N-methyl/N-ethyl adjacent to an activating group) is 1. The van der Waals surface area contributed by atoms with Crippen LogP contribution in [0.15, 0.2) is 48.5 Å². The quantitative estimate of drug-likeness (QED) is 0.400. The Labute approximate surface area is 205 Å². The molecule has 0 spiro atoms. The predicted octanol–water partition coefficient (Wildman–Crippen LogP) is 4.33. The highest BCUT2D eigenvalue weighted by Crippen LogP contribution is 2.19. The third kappa shape index (κ3) is 9.53. The molecule has 0 aliphatic heterocycles. The van der Waals surface area contributed by atoms with E-state index in [0.717, 1.165) is 12.2 Å². The van der Waals surface area contributed by atoms with E-state index in [1.807, 2.05) is 43.3 Å². The lowest BCUT2D eigenvalue weighted by molar-refractivity contribution is 0.0951. The SMILES string of the molecule is CN(C)CCNC(=O)c1cccc(NC(=O)Nc2ccc(N(CCCl)CCCl)cc2)c1.Cl. The van der Waals surface area contributed by atoms with Gasteiger partial charge in [-0.1, -0.05) is 6.07 Å². The molecule has 3 amide bonds.